The first-order valence-electron chi connectivity index (χ1n) is 9.71. The topological polar surface area (TPSA) is 40.5 Å². The largest absolute Gasteiger partial charge is 0.314 e. The Morgan fingerprint density at radius 1 is 1.32 bits per heavy atom. The molecule has 0 amide bonds. The van der Waals surface area contributed by atoms with Crippen molar-refractivity contribution in [3.05, 3.63) is 78.3 Å². The first-order valence-corrected chi connectivity index (χ1v) is 9.71. The van der Waals surface area contributed by atoms with Crippen LogP contribution in [-0.2, 0) is 6.42 Å². The van der Waals surface area contributed by atoms with Gasteiger partial charge in [-0.15, -0.1) is 0 Å². The van der Waals surface area contributed by atoms with Crippen LogP contribution in [0.5, 0.6) is 0 Å². The van der Waals surface area contributed by atoms with E-state index >= 15 is 0 Å². The van der Waals surface area contributed by atoms with Crippen molar-refractivity contribution in [2.45, 2.75) is 19.0 Å². The Kier molecular flexibility index (Phi) is 5.35. The third-order valence-electron chi connectivity index (χ3n) is 5.44. The predicted molar refractivity (Wildman–Crippen MR) is 113 cm³/mol. The zero-order chi connectivity index (χ0) is 19.5. The average Bonchev–Trinajstić information content (AvgIpc) is 2.72. The van der Waals surface area contributed by atoms with Gasteiger partial charge < -0.3 is 10.2 Å². The maximum absolute atomic E-state index is 14.3. The van der Waals surface area contributed by atoms with Crippen LogP contribution >= 0.6 is 0 Å². The lowest BCUT2D eigenvalue weighted by atomic mass is 9.88. The number of benzene rings is 1. The van der Waals surface area contributed by atoms with Gasteiger partial charge in [-0.05, 0) is 49.1 Å². The van der Waals surface area contributed by atoms with Gasteiger partial charge in [0.05, 0.1) is 5.52 Å². The van der Waals surface area contributed by atoms with Gasteiger partial charge in [0, 0.05) is 30.9 Å². The number of fused-ring (bicyclic) bond motifs is 1. The minimum absolute atomic E-state index is 0.0339. The predicted octanol–water partition coefficient (Wildman–Crippen LogP) is 4.00. The fraction of sp³-hybridized carbons (Fsp3) is 0.304. The maximum Gasteiger partial charge on any atom is 0.158 e. The van der Waals surface area contributed by atoms with E-state index in [9.17, 15) is 4.39 Å². The molecule has 0 radical (unpaired) electrons. The Bertz CT molecular complexity index is 976. The number of rotatable bonds is 3. The van der Waals surface area contributed by atoms with E-state index in [1.165, 1.54) is 0 Å². The summed E-state index contributed by atoms with van der Waals surface area (Å²) in [5.41, 5.74) is 3.64. The number of nitrogens with one attached hydrogen (secondary N) is 1. The molecule has 3 heterocycles. The van der Waals surface area contributed by atoms with Gasteiger partial charge in [0.2, 0.25) is 0 Å². The normalized spacial score (nSPS) is 22.9. The number of alkyl halides is 1. The zero-order valence-corrected chi connectivity index (χ0v) is 16.1. The first kappa shape index (κ1) is 18.6. The second-order valence-electron chi connectivity index (χ2n) is 7.27. The van der Waals surface area contributed by atoms with E-state index in [1.54, 1.807) is 7.05 Å². The minimum atomic E-state index is -0.812. The van der Waals surface area contributed by atoms with Crippen LogP contribution in [0.4, 0.5) is 4.39 Å². The fourth-order valence-electron chi connectivity index (χ4n) is 3.92. The van der Waals surface area contributed by atoms with Gasteiger partial charge in [0.25, 0.3) is 0 Å². The second-order valence-corrected chi connectivity index (χ2v) is 7.27. The van der Waals surface area contributed by atoms with Crippen molar-refractivity contribution in [1.29, 1.82) is 0 Å². The molecule has 0 aliphatic carbocycles. The Labute approximate surface area is 165 Å². The van der Waals surface area contributed by atoms with Gasteiger partial charge in [-0.2, -0.15) is 0 Å². The number of aliphatic imine (C=N–C) groups is 1. The lowest BCUT2D eigenvalue weighted by Crippen LogP contribution is -2.38. The molecule has 0 spiro atoms. The molecule has 1 aromatic heterocycles. The minimum Gasteiger partial charge on any atom is -0.314 e. The number of piperidine rings is 1. The number of aromatic nitrogens is 1. The molecule has 1 saturated heterocycles. The van der Waals surface area contributed by atoms with Gasteiger partial charge in [0.15, 0.2) is 5.84 Å². The first-order chi connectivity index (χ1) is 13.7. The molecular formula is C23H25FN4. The lowest BCUT2D eigenvalue weighted by molar-refractivity contribution is 0.180. The molecule has 0 bridgehead atoms. The highest BCUT2D eigenvalue weighted by molar-refractivity contribution is 6.01. The van der Waals surface area contributed by atoms with Crippen LogP contribution in [-0.4, -0.2) is 42.0 Å². The Morgan fingerprint density at radius 2 is 2.21 bits per heavy atom. The van der Waals surface area contributed by atoms with Crippen LogP contribution in [0.25, 0.3) is 10.9 Å². The van der Waals surface area contributed by atoms with Crippen molar-refractivity contribution in [2.75, 3.05) is 20.1 Å². The highest BCUT2D eigenvalue weighted by atomic mass is 19.1. The number of para-hydroxylation sites is 1. The van der Waals surface area contributed by atoms with Gasteiger partial charge in [-0.1, -0.05) is 36.9 Å². The molecule has 1 N–H and O–H groups in total. The highest BCUT2D eigenvalue weighted by Crippen LogP contribution is 2.26. The molecular weight excluding hydrogens is 351 g/mol. The van der Waals surface area contributed by atoms with Crippen molar-refractivity contribution >= 4 is 16.7 Å². The molecule has 5 heteroatoms. The summed E-state index contributed by atoms with van der Waals surface area (Å²) in [5.74, 6) is 0.777. The summed E-state index contributed by atoms with van der Waals surface area (Å²) >= 11 is 0. The number of halogens is 1. The number of pyridine rings is 1. The van der Waals surface area contributed by atoms with Crippen LogP contribution < -0.4 is 5.32 Å². The summed E-state index contributed by atoms with van der Waals surface area (Å²) in [5, 5.41) is 4.19. The van der Waals surface area contributed by atoms with Crippen molar-refractivity contribution in [2.24, 2.45) is 10.9 Å². The van der Waals surface area contributed by atoms with Crippen LogP contribution in [0.3, 0.4) is 0 Å². The summed E-state index contributed by atoms with van der Waals surface area (Å²) in [6.07, 6.45) is 8.52. The molecule has 4 nitrogen and oxygen atoms in total. The summed E-state index contributed by atoms with van der Waals surface area (Å²) < 4.78 is 14.3. The van der Waals surface area contributed by atoms with Crippen molar-refractivity contribution in [1.82, 2.24) is 15.2 Å². The van der Waals surface area contributed by atoms with E-state index in [0.717, 1.165) is 46.7 Å². The number of hydrogen-bond acceptors (Lipinski definition) is 3. The Morgan fingerprint density at radius 3 is 3.00 bits per heavy atom. The third-order valence-corrected chi connectivity index (χ3v) is 5.44. The van der Waals surface area contributed by atoms with Gasteiger partial charge >= 0.3 is 0 Å². The Hall–Kier alpha value is -2.79. The quantitative estimate of drug-likeness (QED) is 0.650. The van der Waals surface area contributed by atoms with Gasteiger partial charge in [0.1, 0.15) is 11.9 Å². The zero-order valence-electron chi connectivity index (χ0n) is 16.1. The molecule has 2 aliphatic heterocycles. The van der Waals surface area contributed by atoms with Gasteiger partial charge in [-0.25, -0.2) is 9.37 Å². The van der Waals surface area contributed by atoms with E-state index < -0.39 is 6.17 Å². The summed E-state index contributed by atoms with van der Waals surface area (Å²) in [6.45, 7) is 5.40. The smallest absolute Gasteiger partial charge is 0.158 e. The van der Waals surface area contributed by atoms with Crippen molar-refractivity contribution in [3.63, 3.8) is 0 Å². The van der Waals surface area contributed by atoms with E-state index in [0.29, 0.717) is 13.0 Å². The SMILES string of the molecule is C=C1C=CC=CN1C(=NC)c1ccc2cccc(C[C@H]3CCNC[C@H]3F)c2n1. The second kappa shape index (κ2) is 8.07. The van der Waals surface area contributed by atoms with E-state index in [2.05, 4.69) is 35.1 Å². The number of allylic oxidation sites excluding steroid dienone is 3. The molecule has 1 fully saturated rings. The van der Waals surface area contributed by atoms with Crippen LogP contribution in [0.1, 0.15) is 17.7 Å². The van der Waals surface area contributed by atoms with Crippen LogP contribution in [0.2, 0.25) is 0 Å². The van der Waals surface area contributed by atoms with Crippen molar-refractivity contribution in [3.8, 4) is 0 Å². The van der Waals surface area contributed by atoms with Crippen LogP contribution in [0.15, 0.2) is 72.0 Å². The van der Waals surface area contributed by atoms with E-state index in [-0.39, 0.29) is 5.92 Å². The average molecular weight is 376 g/mol. The fourth-order valence-corrected chi connectivity index (χ4v) is 3.92. The Balaban J connectivity index is 1.70. The molecule has 4 rings (SSSR count). The molecule has 2 atom stereocenters. The third kappa shape index (κ3) is 3.62. The molecule has 28 heavy (non-hydrogen) atoms. The number of hydrogen-bond donors (Lipinski definition) is 1. The molecule has 144 valence electrons. The summed E-state index contributed by atoms with van der Waals surface area (Å²) in [7, 11) is 1.76. The molecule has 0 saturated carbocycles. The standard InChI is InChI=1S/C23H25FN4/c1-16-6-3-4-13-28(16)23(25-2)21-10-9-17-7-5-8-19(22(17)27-21)14-18-11-12-26-15-20(18)24/h3-10,13,18,20,26H,1,11-12,14-15H2,2H3/t18-,20-/m1/s1. The molecule has 2 aromatic rings. The number of nitrogens with zero attached hydrogens (tertiary/aromatic N) is 3. The molecule has 0 unspecified atom stereocenters. The summed E-state index contributed by atoms with van der Waals surface area (Å²) in [6, 6.07) is 10.2. The van der Waals surface area contributed by atoms with E-state index in [4.69, 9.17) is 4.98 Å². The highest BCUT2D eigenvalue weighted by Gasteiger charge is 2.25. The number of amidine groups is 1. The van der Waals surface area contributed by atoms with Crippen LogP contribution in [0, 0.1) is 5.92 Å². The molecule has 1 aromatic carbocycles. The lowest BCUT2D eigenvalue weighted by Gasteiger charge is -2.27. The summed E-state index contributed by atoms with van der Waals surface area (Å²) in [4.78, 5) is 11.3. The monoisotopic (exact) mass is 376 g/mol. The van der Waals surface area contributed by atoms with Crippen molar-refractivity contribution < 1.29 is 4.39 Å². The maximum atomic E-state index is 14.3. The molecule has 2 aliphatic rings. The van der Waals surface area contributed by atoms with E-state index in [1.807, 2.05) is 41.5 Å². The van der Waals surface area contributed by atoms with Gasteiger partial charge in [-0.3, -0.25) is 4.99 Å².